The van der Waals surface area contributed by atoms with Gasteiger partial charge in [-0.2, -0.15) is 0 Å². The van der Waals surface area contributed by atoms with E-state index in [9.17, 15) is 4.79 Å². The van der Waals surface area contributed by atoms with Gasteiger partial charge in [-0.25, -0.2) is 15.2 Å². The molecule has 5 nitrogen and oxygen atoms in total. The van der Waals surface area contributed by atoms with Gasteiger partial charge in [0, 0.05) is 0 Å². The highest BCUT2D eigenvalue weighted by atomic mass is 16.2. The van der Waals surface area contributed by atoms with Crippen molar-refractivity contribution in [3.8, 4) is 0 Å². The molecule has 1 spiro atoms. The van der Waals surface area contributed by atoms with Crippen molar-refractivity contribution in [2.24, 2.45) is 0 Å². The fraction of sp³-hybridized carbons (Fsp3) is 0.417. The summed E-state index contributed by atoms with van der Waals surface area (Å²) in [4.78, 5) is 12.0. The highest BCUT2D eigenvalue weighted by molar-refractivity contribution is 5.93. The SMILES string of the molecule is O=C1NC2(CCNCC2)NN1c1ccccc1. The lowest BCUT2D eigenvalue weighted by Crippen LogP contribution is -2.57. The van der Waals surface area contributed by atoms with Gasteiger partial charge in [-0.3, -0.25) is 0 Å². The minimum Gasteiger partial charge on any atom is -0.317 e. The second kappa shape index (κ2) is 4.01. The molecular weight excluding hydrogens is 216 g/mol. The topological polar surface area (TPSA) is 56.4 Å². The number of nitrogens with zero attached hydrogens (tertiary/aromatic N) is 1. The number of benzene rings is 1. The highest BCUT2D eigenvalue weighted by Gasteiger charge is 2.43. The van der Waals surface area contributed by atoms with E-state index in [0.29, 0.717) is 0 Å². The lowest BCUT2D eigenvalue weighted by molar-refractivity contribution is 0.229. The summed E-state index contributed by atoms with van der Waals surface area (Å²) < 4.78 is 0. The largest absolute Gasteiger partial charge is 0.338 e. The maximum atomic E-state index is 12.0. The molecule has 2 amide bonds. The van der Waals surface area contributed by atoms with Crippen LogP contribution in [0.1, 0.15) is 12.8 Å². The normalized spacial score (nSPS) is 22.8. The number of carbonyl (C=O) groups is 1. The first kappa shape index (κ1) is 10.6. The third-order valence-electron chi connectivity index (χ3n) is 3.35. The number of urea groups is 1. The van der Waals surface area contributed by atoms with Crippen LogP contribution < -0.4 is 21.1 Å². The van der Waals surface area contributed by atoms with E-state index in [2.05, 4.69) is 16.1 Å². The lowest BCUT2D eigenvalue weighted by Gasteiger charge is -2.33. The molecule has 0 unspecified atom stereocenters. The molecule has 2 aliphatic rings. The molecule has 17 heavy (non-hydrogen) atoms. The Bertz CT molecular complexity index is 414. The summed E-state index contributed by atoms with van der Waals surface area (Å²) in [6, 6.07) is 9.57. The molecule has 0 saturated carbocycles. The molecule has 0 bridgehead atoms. The molecule has 2 saturated heterocycles. The molecule has 0 aromatic heterocycles. The van der Waals surface area contributed by atoms with Crippen LogP contribution in [0.5, 0.6) is 0 Å². The van der Waals surface area contributed by atoms with Gasteiger partial charge < -0.3 is 10.6 Å². The first-order valence-electron chi connectivity index (χ1n) is 5.95. The number of hydrazine groups is 1. The van der Waals surface area contributed by atoms with Crippen molar-refractivity contribution in [2.45, 2.75) is 18.5 Å². The molecule has 2 heterocycles. The Morgan fingerprint density at radius 3 is 2.53 bits per heavy atom. The van der Waals surface area contributed by atoms with Crippen LogP contribution in [0.4, 0.5) is 10.5 Å². The first-order chi connectivity index (χ1) is 8.29. The Hall–Kier alpha value is -1.59. The summed E-state index contributed by atoms with van der Waals surface area (Å²) >= 11 is 0. The Kier molecular flexibility index (Phi) is 2.49. The fourth-order valence-corrected chi connectivity index (χ4v) is 2.40. The standard InChI is InChI=1S/C12H16N4O/c17-11-14-12(6-8-13-9-7-12)15-16(11)10-4-2-1-3-5-10/h1-5,13,15H,6-9H2,(H,14,17). The minimum absolute atomic E-state index is 0.0712. The van der Waals surface area contributed by atoms with E-state index < -0.39 is 0 Å². The van der Waals surface area contributed by atoms with Crippen molar-refractivity contribution in [3.05, 3.63) is 30.3 Å². The fourth-order valence-electron chi connectivity index (χ4n) is 2.40. The number of hydrogen-bond acceptors (Lipinski definition) is 3. The van der Waals surface area contributed by atoms with Crippen LogP contribution in [-0.4, -0.2) is 24.8 Å². The van der Waals surface area contributed by atoms with Crippen LogP contribution in [0.25, 0.3) is 0 Å². The maximum Gasteiger partial charge on any atom is 0.338 e. The summed E-state index contributed by atoms with van der Waals surface area (Å²) in [5.74, 6) is 0. The van der Waals surface area contributed by atoms with Crippen molar-refractivity contribution in [1.29, 1.82) is 0 Å². The van der Waals surface area contributed by atoms with Gasteiger partial charge in [0.2, 0.25) is 0 Å². The smallest absolute Gasteiger partial charge is 0.317 e. The maximum absolute atomic E-state index is 12.0. The third-order valence-corrected chi connectivity index (χ3v) is 3.35. The number of anilines is 1. The van der Waals surface area contributed by atoms with Crippen LogP contribution in [0.3, 0.4) is 0 Å². The van der Waals surface area contributed by atoms with Gasteiger partial charge >= 0.3 is 6.03 Å². The first-order valence-corrected chi connectivity index (χ1v) is 5.95. The summed E-state index contributed by atoms with van der Waals surface area (Å²) in [5.41, 5.74) is 3.91. The van der Waals surface area contributed by atoms with E-state index in [1.54, 1.807) is 5.01 Å². The van der Waals surface area contributed by atoms with Gasteiger partial charge in [0.1, 0.15) is 5.66 Å². The zero-order chi connectivity index (χ0) is 11.7. The molecular formula is C12H16N4O. The molecule has 1 aromatic rings. The van der Waals surface area contributed by atoms with Gasteiger partial charge in [0.05, 0.1) is 5.69 Å². The summed E-state index contributed by atoms with van der Waals surface area (Å²) in [6.07, 6.45) is 1.81. The Balaban J connectivity index is 1.82. The molecule has 0 aliphatic carbocycles. The summed E-state index contributed by atoms with van der Waals surface area (Å²) in [6.45, 7) is 1.85. The second-order valence-corrected chi connectivity index (χ2v) is 4.55. The Morgan fingerprint density at radius 1 is 1.12 bits per heavy atom. The van der Waals surface area contributed by atoms with E-state index in [1.807, 2.05) is 30.3 Å². The number of carbonyl (C=O) groups excluding carboxylic acids is 1. The van der Waals surface area contributed by atoms with Crippen LogP contribution in [0.15, 0.2) is 30.3 Å². The average molecular weight is 232 g/mol. The molecule has 2 aliphatic heterocycles. The van der Waals surface area contributed by atoms with Crippen LogP contribution in [-0.2, 0) is 0 Å². The number of rotatable bonds is 1. The predicted molar refractivity (Wildman–Crippen MR) is 65.4 cm³/mol. The third kappa shape index (κ3) is 1.87. The van der Waals surface area contributed by atoms with Crippen molar-refractivity contribution >= 4 is 11.7 Å². The average Bonchev–Trinajstić information content (AvgIpc) is 2.68. The van der Waals surface area contributed by atoms with Crippen molar-refractivity contribution in [2.75, 3.05) is 18.1 Å². The number of para-hydroxylation sites is 1. The second-order valence-electron chi connectivity index (χ2n) is 4.55. The monoisotopic (exact) mass is 232 g/mol. The van der Waals surface area contributed by atoms with E-state index in [0.717, 1.165) is 31.6 Å². The van der Waals surface area contributed by atoms with E-state index >= 15 is 0 Å². The molecule has 3 N–H and O–H groups in total. The molecule has 5 heteroatoms. The predicted octanol–water partition coefficient (Wildman–Crippen LogP) is 0.800. The van der Waals surface area contributed by atoms with Gasteiger partial charge in [-0.1, -0.05) is 18.2 Å². The molecule has 90 valence electrons. The van der Waals surface area contributed by atoms with Crippen molar-refractivity contribution < 1.29 is 4.79 Å². The van der Waals surface area contributed by atoms with Crippen LogP contribution >= 0.6 is 0 Å². The number of piperidine rings is 1. The van der Waals surface area contributed by atoms with Gasteiger partial charge in [-0.05, 0) is 38.1 Å². The van der Waals surface area contributed by atoms with Crippen molar-refractivity contribution in [3.63, 3.8) is 0 Å². The molecule has 0 atom stereocenters. The van der Waals surface area contributed by atoms with Gasteiger partial charge in [0.25, 0.3) is 0 Å². The molecule has 3 rings (SSSR count). The lowest BCUT2D eigenvalue weighted by atomic mass is 10.00. The number of amides is 2. The van der Waals surface area contributed by atoms with Gasteiger partial charge in [-0.15, -0.1) is 0 Å². The van der Waals surface area contributed by atoms with Crippen LogP contribution in [0.2, 0.25) is 0 Å². The van der Waals surface area contributed by atoms with Crippen molar-refractivity contribution in [1.82, 2.24) is 16.1 Å². The van der Waals surface area contributed by atoms with E-state index in [4.69, 9.17) is 0 Å². The van der Waals surface area contributed by atoms with Crippen LogP contribution in [0, 0.1) is 0 Å². The highest BCUT2D eigenvalue weighted by Crippen LogP contribution is 2.24. The Morgan fingerprint density at radius 2 is 1.82 bits per heavy atom. The number of nitrogens with one attached hydrogen (secondary N) is 3. The minimum atomic E-state index is -0.266. The molecule has 2 fully saturated rings. The zero-order valence-electron chi connectivity index (χ0n) is 9.57. The number of hydrogen-bond donors (Lipinski definition) is 3. The van der Waals surface area contributed by atoms with Gasteiger partial charge in [0.15, 0.2) is 0 Å². The Labute approximate surface area is 100 Å². The molecule has 0 radical (unpaired) electrons. The summed E-state index contributed by atoms with van der Waals surface area (Å²) in [5, 5.41) is 7.95. The quantitative estimate of drug-likeness (QED) is 0.671. The molecule has 1 aromatic carbocycles. The zero-order valence-corrected chi connectivity index (χ0v) is 9.57. The summed E-state index contributed by atoms with van der Waals surface area (Å²) in [7, 11) is 0. The van der Waals surface area contributed by atoms with E-state index in [1.165, 1.54) is 0 Å². The van der Waals surface area contributed by atoms with E-state index in [-0.39, 0.29) is 11.7 Å².